The van der Waals surface area contributed by atoms with Crippen LogP contribution >= 0.6 is 64.5 Å². The van der Waals surface area contributed by atoms with Gasteiger partial charge in [0.25, 0.3) is 0 Å². The Kier molecular flexibility index (Phi) is 20.3. The minimum atomic E-state index is -0.446. The summed E-state index contributed by atoms with van der Waals surface area (Å²) < 4.78 is 0. The largest absolute Gasteiger partial charge is 0.0622 e. The minimum Gasteiger partial charge on any atom is -0.0622 e. The number of hydrogen-bond acceptors (Lipinski definition) is 0. The van der Waals surface area contributed by atoms with Crippen LogP contribution in [-0.2, 0) is 8.46 Å². The van der Waals surface area contributed by atoms with E-state index in [2.05, 4.69) is 314 Å². The van der Waals surface area contributed by atoms with E-state index in [1.807, 2.05) is 0 Å². The third-order valence-corrected chi connectivity index (χ3v) is 16.5. The summed E-state index contributed by atoms with van der Waals surface area (Å²) in [5.41, 5.74) is 0. The SMILES string of the molecule is [I][Cu][I].c1ccc(P(c2ccccc2)c2ccccc2)cc1.c1ccc(P(c2ccccc2)c2ccccc2)cc1.c1ccc(P(c2ccccc2)c2ccccc2)cc1. The van der Waals surface area contributed by atoms with Crippen molar-refractivity contribution in [3.05, 3.63) is 273 Å². The van der Waals surface area contributed by atoms with E-state index in [0.29, 0.717) is 0 Å². The molecule has 9 rings (SSSR count). The molecule has 6 heteroatoms. The average Bonchev–Trinajstić information content (AvgIpc) is 3.33. The van der Waals surface area contributed by atoms with Crippen LogP contribution in [0.1, 0.15) is 0 Å². The topological polar surface area (TPSA) is 0 Å². The predicted octanol–water partition coefficient (Wildman–Crippen LogP) is 12.1. The molecule has 0 fully saturated rings. The van der Waals surface area contributed by atoms with Gasteiger partial charge >= 0.3 is 49.1 Å². The minimum absolute atomic E-state index is 0.446. The second-order valence-electron chi connectivity index (χ2n) is 13.1. The van der Waals surface area contributed by atoms with E-state index >= 15 is 0 Å². The van der Waals surface area contributed by atoms with Gasteiger partial charge in [-0.05, 0) is 71.5 Å². The van der Waals surface area contributed by atoms with Crippen LogP contribution in [0.3, 0.4) is 0 Å². The fourth-order valence-corrected chi connectivity index (χ4v) is 13.5. The van der Waals surface area contributed by atoms with Crippen molar-refractivity contribution in [1.82, 2.24) is 0 Å². The van der Waals surface area contributed by atoms with Gasteiger partial charge < -0.3 is 0 Å². The molecule has 0 nitrogen and oxygen atoms in total. The van der Waals surface area contributed by atoms with E-state index in [4.69, 9.17) is 0 Å². The van der Waals surface area contributed by atoms with Gasteiger partial charge in [-0.15, -0.1) is 0 Å². The zero-order chi connectivity index (χ0) is 41.5. The summed E-state index contributed by atoms with van der Waals surface area (Å²) in [4.78, 5) is 0. The molecule has 0 aromatic heterocycles. The average molecular weight is 1100 g/mol. The first kappa shape index (κ1) is 45.8. The Labute approximate surface area is 389 Å². The fraction of sp³-hybridized carbons (Fsp3) is 0. The summed E-state index contributed by atoms with van der Waals surface area (Å²) in [7, 11) is 0.415. The Balaban J connectivity index is 0.000000146. The Bertz CT molecular complexity index is 1890. The van der Waals surface area contributed by atoms with Crippen molar-refractivity contribution < 1.29 is 8.46 Å². The van der Waals surface area contributed by atoms with E-state index in [-0.39, 0.29) is 0 Å². The Hall–Kier alpha value is -3.75. The summed E-state index contributed by atoms with van der Waals surface area (Å²) >= 11 is 4.36. The summed E-state index contributed by atoms with van der Waals surface area (Å²) in [6.07, 6.45) is 0. The number of rotatable bonds is 9. The molecule has 301 valence electrons. The summed E-state index contributed by atoms with van der Waals surface area (Å²) in [5.74, 6) is 0. The van der Waals surface area contributed by atoms with Crippen LogP contribution in [0.2, 0.25) is 0 Å². The molecule has 0 bridgehead atoms. The molecular weight excluding hydrogens is 1060 g/mol. The van der Waals surface area contributed by atoms with E-state index in [1.165, 1.54) is 47.7 Å². The molecule has 0 saturated heterocycles. The molecule has 0 aliphatic heterocycles. The number of halogens is 2. The maximum absolute atomic E-state index is 2.23. The zero-order valence-electron chi connectivity index (χ0n) is 32.9. The second kappa shape index (κ2) is 26.6. The summed E-state index contributed by atoms with van der Waals surface area (Å²) in [5, 5.41) is 12.6. The maximum Gasteiger partial charge on any atom is -0.0134 e. The summed E-state index contributed by atoms with van der Waals surface area (Å²) in [6.45, 7) is 0. The van der Waals surface area contributed by atoms with Crippen LogP contribution < -0.4 is 47.7 Å². The fourth-order valence-electron chi connectivity index (χ4n) is 6.54. The van der Waals surface area contributed by atoms with Gasteiger partial charge in [0.1, 0.15) is 0 Å². The van der Waals surface area contributed by atoms with Gasteiger partial charge in [0, 0.05) is 0 Å². The van der Waals surface area contributed by atoms with Crippen LogP contribution in [0, 0.1) is 0 Å². The molecule has 0 unspecified atom stereocenters. The first-order chi connectivity index (χ1) is 29.8. The third kappa shape index (κ3) is 14.2. The predicted molar refractivity (Wildman–Crippen MR) is 283 cm³/mol. The molecule has 0 spiro atoms. The first-order valence-electron chi connectivity index (χ1n) is 19.4. The van der Waals surface area contributed by atoms with Crippen LogP contribution in [0.4, 0.5) is 0 Å². The smallest absolute Gasteiger partial charge is 0.0134 e. The zero-order valence-corrected chi connectivity index (χ0v) is 40.8. The third-order valence-electron chi connectivity index (χ3n) is 9.13. The van der Waals surface area contributed by atoms with E-state index in [9.17, 15) is 0 Å². The van der Waals surface area contributed by atoms with Crippen molar-refractivity contribution >= 4 is 112 Å². The first-order valence-corrected chi connectivity index (χ1v) is 29.5. The molecule has 0 aliphatic carbocycles. The van der Waals surface area contributed by atoms with Gasteiger partial charge in [-0.3, -0.25) is 0 Å². The quantitative estimate of drug-likeness (QED) is 0.0768. The maximum atomic E-state index is 2.23. The standard InChI is InChI=1S/3C18H15P.Cu.2HI/c3*1-4-10-16(11-5-1)19(17-12-6-2-7-13-17)18-14-8-3-9-15-18;;;/h3*1-15H;;2*1H/q;;;+2;;/p-2. The van der Waals surface area contributed by atoms with Gasteiger partial charge in [0.05, 0.1) is 0 Å². The Morgan fingerprint density at radius 2 is 0.267 bits per heavy atom. The van der Waals surface area contributed by atoms with Crippen molar-refractivity contribution in [2.24, 2.45) is 0 Å². The van der Waals surface area contributed by atoms with Crippen LogP contribution in [-0.4, -0.2) is 0 Å². The van der Waals surface area contributed by atoms with Crippen molar-refractivity contribution in [3.63, 3.8) is 0 Å². The molecule has 0 atom stereocenters. The van der Waals surface area contributed by atoms with Gasteiger partial charge in [-0.1, -0.05) is 273 Å². The molecule has 9 aromatic rings. The molecule has 0 saturated carbocycles. The van der Waals surface area contributed by atoms with Gasteiger partial charge in [-0.25, -0.2) is 0 Å². The Morgan fingerprint density at radius 1 is 0.183 bits per heavy atom. The Morgan fingerprint density at radius 3 is 0.350 bits per heavy atom. The van der Waals surface area contributed by atoms with Crippen molar-refractivity contribution in [3.8, 4) is 0 Å². The molecular formula is C54H45CuI2P3. The van der Waals surface area contributed by atoms with Crippen LogP contribution in [0.15, 0.2) is 273 Å². The normalized spacial score (nSPS) is 10.4. The van der Waals surface area contributed by atoms with Crippen molar-refractivity contribution in [2.75, 3.05) is 0 Å². The summed E-state index contributed by atoms with van der Waals surface area (Å²) in [6, 6.07) is 97.0. The van der Waals surface area contributed by atoms with E-state index in [1.54, 1.807) is 8.46 Å². The molecule has 0 heterocycles. The second-order valence-corrected chi connectivity index (χ2v) is 27.7. The molecule has 0 amide bonds. The van der Waals surface area contributed by atoms with Crippen LogP contribution in [0.5, 0.6) is 0 Å². The van der Waals surface area contributed by atoms with Crippen molar-refractivity contribution in [1.29, 1.82) is 0 Å². The van der Waals surface area contributed by atoms with Gasteiger partial charge in [-0.2, -0.15) is 0 Å². The molecule has 0 N–H and O–H groups in total. The van der Waals surface area contributed by atoms with Crippen LogP contribution in [0.25, 0.3) is 0 Å². The molecule has 9 aromatic carbocycles. The monoisotopic (exact) mass is 1100 g/mol. The van der Waals surface area contributed by atoms with E-state index in [0.717, 1.165) is 0 Å². The molecule has 0 radical (unpaired) electrons. The van der Waals surface area contributed by atoms with E-state index < -0.39 is 23.8 Å². The van der Waals surface area contributed by atoms with Gasteiger partial charge in [0.15, 0.2) is 0 Å². The number of benzene rings is 9. The van der Waals surface area contributed by atoms with Gasteiger partial charge in [0.2, 0.25) is 0 Å². The molecule has 0 aliphatic rings. The van der Waals surface area contributed by atoms with Crippen molar-refractivity contribution in [2.45, 2.75) is 0 Å². The molecule has 60 heavy (non-hydrogen) atoms. The number of hydrogen-bond donors (Lipinski definition) is 0.